The zero-order valence-corrected chi connectivity index (χ0v) is 14.2. The summed E-state index contributed by atoms with van der Waals surface area (Å²) in [6, 6.07) is 13.0. The van der Waals surface area contributed by atoms with E-state index in [9.17, 15) is 26.3 Å². The molecule has 0 N–H and O–H groups in total. The second-order valence-corrected chi connectivity index (χ2v) is 6.04. The van der Waals surface area contributed by atoms with Crippen LogP contribution in [0.4, 0.5) is 37.7 Å². The van der Waals surface area contributed by atoms with E-state index in [1.807, 2.05) is 0 Å². The molecule has 0 radical (unpaired) electrons. The SMILES string of the molecule is CN(CC(F)(F)F)c1ccc(-c2ccc(N(C)CC(F)(F)F)cc2)cc1. The molecule has 2 rings (SSSR count). The van der Waals surface area contributed by atoms with Gasteiger partial charge in [0, 0.05) is 25.5 Å². The van der Waals surface area contributed by atoms with Crippen LogP contribution in [0.25, 0.3) is 11.1 Å². The van der Waals surface area contributed by atoms with E-state index in [2.05, 4.69) is 0 Å². The van der Waals surface area contributed by atoms with Gasteiger partial charge in [-0.3, -0.25) is 0 Å². The van der Waals surface area contributed by atoms with Gasteiger partial charge in [-0.05, 0) is 35.4 Å². The normalized spacial score (nSPS) is 12.2. The molecule has 0 fully saturated rings. The van der Waals surface area contributed by atoms with Crippen LogP contribution in [0, 0.1) is 0 Å². The Morgan fingerprint density at radius 2 is 0.846 bits per heavy atom. The molecule has 0 unspecified atom stereocenters. The molecule has 2 aromatic rings. The Labute approximate surface area is 147 Å². The maximum absolute atomic E-state index is 12.4. The Kier molecular flexibility index (Phi) is 5.73. The fraction of sp³-hybridized carbons (Fsp3) is 0.333. The van der Waals surface area contributed by atoms with E-state index < -0.39 is 25.4 Å². The number of anilines is 2. The summed E-state index contributed by atoms with van der Waals surface area (Å²) in [5, 5.41) is 0. The molecule has 0 saturated carbocycles. The van der Waals surface area contributed by atoms with Crippen LogP contribution in [0.3, 0.4) is 0 Å². The van der Waals surface area contributed by atoms with Crippen LogP contribution < -0.4 is 9.80 Å². The van der Waals surface area contributed by atoms with Gasteiger partial charge in [-0.25, -0.2) is 0 Å². The molecule has 0 aromatic heterocycles. The van der Waals surface area contributed by atoms with Crippen molar-refractivity contribution < 1.29 is 26.3 Å². The smallest absolute Gasteiger partial charge is 0.366 e. The highest BCUT2D eigenvalue weighted by Gasteiger charge is 2.30. The molecule has 142 valence electrons. The first-order chi connectivity index (χ1) is 11.9. The molecule has 0 aliphatic heterocycles. The topological polar surface area (TPSA) is 6.48 Å². The molecule has 0 atom stereocenters. The lowest BCUT2D eigenvalue weighted by Gasteiger charge is -2.22. The minimum atomic E-state index is -4.29. The van der Waals surface area contributed by atoms with Gasteiger partial charge in [0.1, 0.15) is 13.1 Å². The van der Waals surface area contributed by atoms with Crippen LogP contribution >= 0.6 is 0 Å². The maximum Gasteiger partial charge on any atom is 0.405 e. The van der Waals surface area contributed by atoms with Crippen LogP contribution in [-0.2, 0) is 0 Å². The van der Waals surface area contributed by atoms with Crippen molar-refractivity contribution >= 4 is 11.4 Å². The monoisotopic (exact) mass is 376 g/mol. The standard InChI is InChI=1S/C18H18F6N2/c1-25(11-17(19,20)21)15-7-3-13(4-8-15)14-5-9-16(10-6-14)26(2)12-18(22,23)24/h3-10H,11-12H2,1-2H3. The van der Waals surface area contributed by atoms with E-state index in [-0.39, 0.29) is 0 Å². The van der Waals surface area contributed by atoms with Crippen molar-refractivity contribution in [3.8, 4) is 11.1 Å². The molecule has 26 heavy (non-hydrogen) atoms. The third kappa shape index (κ3) is 5.86. The Morgan fingerprint density at radius 1 is 0.577 bits per heavy atom. The first-order valence-corrected chi connectivity index (χ1v) is 7.71. The molecule has 2 aromatic carbocycles. The lowest BCUT2D eigenvalue weighted by atomic mass is 10.0. The minimum absolute atomic E-state index is 0.424. The van der Waals surface area contributed by atoms with Crippen molar-refractivity contribution in [2.75, 3.05) is 37.0 Å². The molecular weight excluding hydrogens is 358 g/mol. The Balaban J connectivity index is 2.10. The lowest BCUT2D eigenvalue weighted by Crippen LogP contribution is -2.30. The summed E-state index contributed by atoms with van der Waals surface area (Å²) in [7, 11) is 2.71. The van der Waals surface area contributed by atoms with E-state index in [1.54, 1.807) is 48.5 Å². The van der Waals surface area contributed by atoms with Gasteiger partial charge in [0.05, 0.1) is 0 Å². The van der Waals surface area contributed by atoms with E-state index in [4.69, 9.17) is 0 Å². The fourth-order valence-electron chi connectivity index (χ4n) is 2.54. The number of alkyl halides is 6. The van der Waals surface area contributed by atoms with Crippen LogP contribution in [0.2, 0.25) is 0 Å². The quantitative estimate of drug-likeness (QED) is 0.649. The van der Waals surface area contributed by atoms with Crippen LogP contribution in [0.5, 0.6) is 0 Å². The summed E-state index contributed by atoms with van der Waals surface area (Å²) in [6.45, 7) is -2.10. The van der Waals surface area contributed by atoms with Gasteiger partial charge < -0.3 is 9.80 Å². The fourth-order valence-corrected chi connectivity index (χ4v) is 2.54. The van der Waals surface area contributed by atoms with Gasteiger partial charge in [0.15, 0.2) is 0 Å². The zero-order chi connectivity index (χ0) is 19.5. The lowest BCUT2D eigenvalue weighted by molar-refractivity contribution is -0.120. The molecule has 0 aliphatic carbocycles. The van der Waals surface area contributed by atoms with Crippen LogP contribution in [0.15, 0.2) is 48.5 Å². The average Bonchev–Trinajstić information content (AvgIpc) is 2.52. The molecule has 0 spiro atoms. The highest BCUT2D eigenvalue weighted by molar-refractivity contribution is 5.68. The molecule has 0 heterocycles. The summed E-state index contributed by atoms with van der Waals surface area (Å²) in [5.74, 6) is 0. The van der Waals surface area contributed by atoms with Gasteiger partial charge in [0.2, 0.25) is 0 Å². The summed E-state index contributed by atoms with van der Waals surface area (Å²) < 4.78 is 74.6. The molecule has 2 nitrogen and oxygen atoms in total. The molecule has 8 heteroatoms. The van der Waals surface area contributed by atoms with Gasteiger partial charge in [-0.1, -0.05) is 24.3 Å². The van der Waals surface area contributed by atoms with Crippen molar-refractivity contribution in [2.45, 2.75) is 12.4 Å². The molecule has 0 aliphatic rings. The Morgan fingerprint density at radius 3 is 1.08 bits per heavy atom. The molecule has 0 saturated heterocycles. The summed E-state index contributed by atoms with van der Waals surface area (Å²) in [5.41, 5.74) is 2.37. The van der Waals surface area contributed by atoms with Gasteiger partial charge in [0.25, 0.3) is 0 Å². The summed E-state index contributed by atoms with van der Waals surface area (Å²) >= 11 is 0. The Bertz CT molecular complexity index is 641. The average molecular weight is 376 g/mol. The van der Waals surface area contributed by atoms with Gasteiger partial charge in [-0.2, -0.15) is 26.3 Å². The summed E-state index contributed by atoms with van der Waals surface area (Å²) in [4.78, 5) is 2.19. The number of halogens is 6. The second kappa shape index (κ2) is 7.47. The van der Waals surface area contributed by atoms with Crippen molar-refractivity contribution in [1.29, 1.82) is 0 Å². The Hall–Kier alpha value is -2.38. The number of hydrogen-bond donors (Lipinski definition) is 0. The van der Waals surface area contributed by atoms with Gasteiger partial charge >= 0.3 is 12.4 Å². The zero-order valence-electron chi connectivity index (χ0n) is 14.2. The predicted molar refractivity (Wildman–Crippen MR) is 90.5 cm³/mol. The summed E-state index contributed by atoms with van der Waals surface area (Å²) in [6.07, 6.45) is -8.57. The first-order valence-electron chi connectivity index (χ1n) is 7.71. The van der Waals surface area contributed by atoms with Crippen molar-refractivity contribution in [1.82, 2.24) is 0 Å². The molecule has 0 bridgehead atoms. The van der Waals surface area contributed by atoms with Crippen molar-refractivity contribution in [3.05, 3.63) is 48.5 Å². The van der Waals surface area contributed by atoms with Crippen LogP contribution in [-0.4, -0.2) is 39.5 Å². The van der Waals surface area contributed by atoms with E-state index >= 15 is 0 Å². The van der Waals surface area contributed by atoms with Gasteiger partial charge in [-0.15, -0.1) is 0 Å². The number of hydrogen-bond acceptors (Lipinski definition) is 2. The van der Waals surface area contributed by atoms with Crippen LogP contribution in [0.1, 0.15) is 0 Å². The van der Waals surface area contributed by atoms with Crippen molar-refractivity contribution in [2.24, 2.45) is 0 Å². The van der Waals surface area contributed by atoms with E-state index in [1.165, 1.54) is 14.1 Å². The third-order valence-corrected chi connectivity index (χ3v) is 3.78. The largest absolute Gasteiger partial charge is 0.405 e. The highest BCUT2D eigenvalue weighted by Crippen LogP contribution is 2.27. The third-order valence-electron chi connectivity index (χ3n) is 3.78. The molecule has 0 amide bonds. The maximum atomic E-state index is 12.4. The molecular formula is C18H18F6N2. The van der Waals surface area contributed by atoms with Crippen molar-refractivity contribution in [3.63, 3.8) is 0 Å². The van der Waals surface area contributed by atoms with E-state index in [0.29, 0.717) is 11.4 Å². The van der Waals surface area contributed by atoms with E-state index in [0.717, 1.165) is 20.9 Å². The minimum Gasteiger partial charge on any atom is -0.366 e. The number of benzene rings is 2. The first kappa shape index (κ1) is 19.9. The number of rotatable bonds is 5. The number of nitrogens with zero attached hydrogens (tertiary/aromatic N) is 2. The predicted octanol–water partition coefficient (Wildman–Crippen LogP) is 5.35. The highest BCUT2D eigenvalue weighted by atomic mass is 19.4. The second-order valence-electron chi connectivity index (χ2n) is 6.04.